The summed E-state index contributed by atoms with van der Waals surface area (Å²) in [5.41, 5.74) is 5.56. The van der Waals surface area contributed by atoms with Crippen LogP contribution in [-0.2, 0) is 28.6 Å². The molecule has 0 unspecified atom stereocenters. The van der Waals surface area contributed by atoms with Gasteiger partial charge in [0.25, 0.3) is 5.56 Å². The number of rotatable bonds is 12. The number of aliphatic carboxylic acids is 1. The Hall–Kier alpha value is -3.92. The topological polar surface area (TPSA) is 91.6 Å². The number of halogens is 3. The number of likely N-dealkylation sites (tertiary alicyclic amines) is 1. The minimum atomic E-state index is -4.72. The second kappa shape index (κ2) is 15.0. The Morgan fingerprint density at radius 1 is 1.00 bits per heavy atom. The molecule has 274 valence electrons. The van der Waals surface area contributed by atoms with Gasteiger partial charge in [-0.05, 0) is 147 Å². The number of carbonyl (C=O) groups excluding carboxylic acids is 1. The van der Waals surface area contributed by atoms with Crippen molar-refractivity contribution in [2.45, 2.75) is 110 Å². The van der Waals surface area contributed by atoms with Crippen LogP contribution in [-0.4, -0.2) is 46.1 Å². The van der Waals surface area contributed by atoms with Gasteiger partial charge in [0.1, 0.15) is 6.04 Å². The summed E-state index contributed by atoms with van der Waals surface area (Å²) in [5.74, 6) is -1.49. The Labute approximate surface area is 298 Å². The first kappa shape index (κ1) is 36.9. The predicted octanol–water partition coefficient (Wildman–Crippen LogP) is 8.15. The number of alkyl halides is 3. The monoisotopic (exact) mass is 705 g/mol. The SMILES string of the molecule is Cc1cccc(C)c1-c1cc([C@H](CC(=O)O)NC(=O)[C@@H](CC(C)C)n2cc(C3CCN(CC4CC4)CC3)c(C(F)(F)F)cc2=O)cc2c1CCC2. The highest BCUT2D eigenvalue weighted by molar-refractivity contribution is 5.82. The van der Waals surface area contributed by atoms with Gasteiger partial charge < -0.3 is 19.9 Å². The number of carboxylic acid groups (broad SMARTS) is 1. The normalized spacial score (nSPS) is 18.1. The number of aryl methyl sites for hydroxylation is 3. The molecule has 2 aliphatic carbocycles. The van der Waals surface area contributed by atoms with E-state index in [0.717, 1.165) is 53.6 Å². The summed E-state index contributed by atoms with van der Waals surface area (Å²) in [6.07, 6.45) is 2.56. The van der Waals surface area contributed by atoms with Gasteiger partial charge in [-0.15, -0.1) is 0 Å². The summed E-state index contributed by atoms with van der Waals surface area (Å²) in [4.78, 5) is 42.4. The average Bonchev–Trinajstić information content (AvgIpc) is 3.74. The van der Waals surface area contributed by atoms with Gasteiger partial charge in [0.15, 0.2) is 0 Å². The van der Waals surface area contributed by atoms with Gasteiger partial charge in [0.2, 0.25) is 5.91 Å². The lowest BCUT2D eigenvalue weighted by atomic mass is 9.86. The summed E-state index contributed by atoms with van der Waals surface area (Å²) in [7, 11) is 0. The van der Waals surface area contributed by atoms with Crippen molar-refractivity contribution in [3.63, 3.8) is 0 Å². The zero-order chi connectivity index (χ0) is 36.6. The van der Waals surface area contributed by atoms with Gasteiger partial charge in [-0.2, -0.15) is 13.2 Å². The molecule has 2 N–H and O–H groups in total. The summed E-state index contributed by atoms with van der Waals surface area (Å²) >= 11 is 0. The lowest BCUT2D eigenvalue weighted by Crippen LogP contribution is -2.41. The van der Waals surface area contributed by atoms with E-state index in [1.807, 2.05) is 32.0 Å². The van der Waals surface area contributed by atoms with Crippen LogP contribution in [0.3, 0.4) is 0 Å². The standard InChI is InChI=1S/C41H50F3N3O4/c1-24(2)17-36(47-23-33(34(20-37(47)48)41(42,43)44)28-13-15-46(16-14-28)22-27-11-12-27)40(51)45-35(21-38(49)50)30-18-29-9-6-10-31(29)32(19-30)39-25(3)7-5-8-26(39)4/h5,7-8,18-20,23-24,27-28,35-36H,6,9-17,21-22H2,1-4H3,(H,45,51)(H,49,50)/t35-,36+/m0/s1. The largest absolute Gasteiger partial charge is 0.481 e. The average molecular weight is 706 g/mol. The number of carboxylic acids is 1. The molecule has 7 nitrogen and oxygen atoms in total. The van der Waals surface area contributed by atoms with Crippen LogP contribution >= 0.6 is 0 Å². The van der Waals surface area contributed by atoms with Crippen LogP contribution < -0.4 is 10.9 Å². The molecule has 0 bridgehead atoms. The van der Waals surface area contributed by atoms with E-state index in [9.17, 15) is 32.7 Å². The predicted molar refractivity (Wildman–Crippen MR) is 192 cm³/mol. The van der Waals surface area contributed by atoms with Crippen molar-refractivity contribution < 1.29 is 27.9 Å². The van der Waals surface area contributed by atoms with Gasteiger partial charge in [-0.3, -0.25) is 14.4 Å². The van der Waals surface area contributed by atoms with E-state index >= 15 is 0 Å². The maximum atomic E-state index is 14.4. The van der Waals surface area contributed by atoms with Crippen LogP contribution in [0.4, 0.5) is 13.2 Å². The van der Waals surface area contributed by atoms with E-state index in [1.165, 1.54) is 29.2 Å². The summed E-state index contributed by atoms with van der Waals surface area (Å²) in [5, 5.41) is 13.0. The van der Waals surface area contributed by atoms with Gasteiger partial charge in [-0.1, -0.05) is 38.1 Å². The second-order valence-corrected chi connectivity index (χ2v) is 15.5. The van der Waals surface area contributed by atoms with Gasteiger partial charge in [0.05, 0.1) is 18.0 Å². The summed E-state index contributed by atoms with van der Waals surface area (Å²) in [6, 6.07) is 8.70. The number of nitrogens with one attached hydrogen (secondary N) is 1. The van der Waals surface area contributed by atoms with Crippen LogP contribution in [0, 0.1) is 25.7 Å². The molecular formula is C41H50F3N3O4. The number of fused-ring (bicyclic) bond motifs is 1. The van der Waals surface area contributed by atoms with Crippen LogP contribution in [0.2, 0.25) is 0 Å². The molecule has 2 atom stereocenters. The third-order valence-electron chi connectivity index (χ3n) is 11.1. The zero-order valence-corrected chi connectivity index (χ0v) is 30.1. The lowest BCUT2D eigenvalue weighted by molar-refractivity contribution is -0.139. The van der Waals surface area contributed by atoms with Gasteiger partial charge in [0, 0.05) is 18.8 Å². The van der Waals surface area contributed by atoms with Crippen molar-refractivity contribution in [1.29, 1.82) is 0 Å². The first-order valence-corrected chi connectivity index (χ1v) is 18.5. The van der Waals surface area contributed by atoms with Crippen LogP contribution in [0.1, 0.15) is 116 Å². The number of hydrogen-bond donors (Lipinski definition) is 2. The minimum Gasteiger partial charge on any atom is -0.481 e. The molecule has 2 aromatic carbocycles. The zero-order valence-electron chi connectivity index (χ0n) is 30.1. The van der Waals surface area contributed by atoms with E-state index < -0.39 is 53.6 Å². The number of nitrogens with zero attached hydrogens (tertiary/aromatic N) is 2. The highest BCUT2D eigenvalue weighted by Crippen LogP contribution is 2.41. The Kier molecular flexibility index (Phi) is 10.8. The van der Waals surface area contributed by atoms with E-state index in [2.05, 4.69) is 36.2 Å². The van der Waals surface area contributed by atoms with Crippen molar-refractivity contribution in [1.82, 2.24) is 14.8 Å². The van der Waals surface area contributed by atoms with Crippen molar-refractivity contribution in [3.8, 4) is 11.1 Å². The number of pyridine rings is 1. The minimum absolute atomic E-state index is 0.0497. The fraction of sp³-hybridized carbons (Fsp3) is 0.537. The maximum Gasteiger partial charge on any atom is 0.416 e. The van der Waals surface area contributed by atoms with Crippen LogP contribution in [0.5, 0.6) is 0 Å². The third-order valence-corrected chi connectivity index (χ3v) is 11.1. The molecule has 0 spiro atoms. The first-order chi connectivity index (χ1) is 24.2. The second-order valence-electron chi connectivity index (χ2n) is 15.5. The molecule has 1 amide bonds. The molecule has 2 heterocycles. The fourth-order valence-corrected chi connectivity index (χ4v) is 8.35. The third kappa shape index (κ3) is 8.43. The highest BCUT2D eigenvalue weighted by Gasteiger charge is 2.39. The van der Waals surface area contributed by atoms with Crippen LogP contribution in [0.25, 0.3) is 11.1 Å². The first-order valence-electron chi connectivity index (χ1n) is 18.5. The quantitative estimate of drug-likeness (QED) is 0.199. The van der Waals surface area contributed by atoms with Crippen LogP contribution in [0.15, 0.2) is 47.4 Å². The number of carbonyl (C=O) groups is 2. The molecule has 3 aliphatic rings. The molecule has 51 heavy (non-hydrogen) atoms. The van der Waals surface area contributed by atoms with Crippen molar-refractivity contribution in [2.24, 2.45) is 11.8 Å². The molecule has 0 radical (unpaired) electrons. The van der Waals surface area contributed by atoms with E-state index in [4.69, 9.17) is 0 Å². The molecule has 1 aromatic heterocycles. The van der Waals surface area contributed by atoms with Crippen molar-refractivity contribution >= 4 is 11.9 Å². The molecule has 1 saturated carbocycles. The molecule has 3 aromatic rings. The highest BCUT2D eigenvalue weighted by atomic mass is 19.4. The lowest BCUT2D eigenvalue weighted by Gasteiger charge is -2.34. The molecule has 1 aliphatic heterocycles. The Balaban J connectivity index is 1.36. The van der Waals surface area contributed by atoms with Gasteiger partial charge in [-0.25, -0.2) is 0 Å². The summed E-state index contributed by atoms with van der Waals surface area (Å²) < 4.78 is 44.5. The smallest absolute Gasteiger partial charge is 0.416 e. The van der Waals surface area contributed by atoms with Gasteiger partial charge >= 0.3 is 12.1 Å². The van der Waals surface area contributed by atoms with E-state index in [1.54, 1.807) is 0 Å². The van der Waals surface area contributed by atoms with E-state index in [-0.39, 0.29) is 17.9 Å². The number of benzene rings is 2. The Morgan fingerprint density at radius 2 is 1.69 bits per heavy atom. The molecule has 10 heteroatoms. The summed E-state index contributed by atoms with van der Waals surface area (Å²) in [6.45, 7) is 10.2. The maximum absolute atomic E-state index is 14.4. The number of piperidine rings is 1. The Bertz CT molecular complexity index is 1820. The molecular weight excluding hydrogens is 655 g/mol. The number of aromatic nitrogens is 1. The fourth-order valence-electron chi connectivity index (χ4n) is 8.35. The Morgan fingerprint density at radius 3 is 2.29 bits per heavy atom. The molecule has 6 rings (SSSR count). The number of amides is 1. The molecule has 1 saturated heterocycles. The van der Waals surface area contributed by atoms with E-state index in [0.29, 0.717) is 43.5 Å². The van der Waals surface area contributed by atoms with Crippen molar-refractivity contribution in [3.05, 3.63) is 91.9 Å². The number of hydrogen-bond acceptors (Lipinski definition) is 4. The molecule has 2 fully saturated rings. The van der Waals surface area contributed by atoms with Crippen molar-refractivity contribution in [2.75, 3.05) is 19.6 Å².